The number of esters is 1. The van der Waals surface area contributed by atoms with E-state index in [1.807, 2.05) is 12.4 Å². The molecule has 6 nitrogen and oxygen atoms in total. The highest BCUT2D eigenvalue weighted by molar-refractivity contribution is 7.11. The molecule has 2 aromatic rings. The monoisotopic (exact) mass is 462 g/mol. The van der Waals surface area contributed by atoms with Crippen LogP contribution in [0.15, 0.2) is 46.0 Å². The van der Waals surface area contributed by atoms with Crippen LogP contribution in [-0.2, 0) is 9.53 Å². The Balaban J connectivity index is 1.83. The van der Waals surface area contributed by atoms with Gasteiger partial charge >= 0.3 is 5.97 Å². The van der Waals surface area contributed by atoms with Gasteiger partial charge in [0.05, 0.1) is 12.7 Å². The Morgan fingerprint density at radius 1 is 1.32 bits per heavy atom. The number of hydrogen-bond acceptors (Lipinski definition) is 7. The highest BCUT2D eigenvalue weighted by Gasteiger charge is 2.37. The maximum absolute atomic E-state index is 13.7. The summed E-state index contributed by atoms with van der Waals surface area (Å²) in [5.41, 5.74) is 1.77. The minimum absolute atomic E-state index is 0.144. The van der Waals surface area contributed by atoms with E-state index < -0.39 is 17.8 Å². The molecule has 1 atom stereocenters. The van der Waals surface area contributed by atoms with Crippen molar-refractivity contribution in [2.24, 2.45) is 10.9 Å². The van der Waals surface area contributed by atoms with E-state index in [1.54, 1.807) is 12.3 Å². The number of allylic oxidation sites excluding steroid dienone is 1. The Morgan fingerprint density at radius 3 is 2.71 bits per heavy atom. The Kier molecular flexibility index (Phi) is 6.69. The van der Waals surface area contributed by atoms with Crippen LogP contribution >= 0.6 is 22.9 Å². The molecule has 2 heterocycles. The third-order valence-electron chi connectivity index (χ3n) is 5.92. The van der Waals surface area contributed by atoms with E-state index in [9.17, 15) is 9.18 Å². The lowest BCUT2D eigenvalue weighted by molar-refractivity contribution is -0.136. The van der Waals surface area contributed by atoms with Gasteiger partial charge in [0, 0.05) is 33.9 Å². The second kappa shape index (κ2) is 9.46. The molecular weight excluding hydrogens is 439 g/mol. The van der Waals surface area contributed by atoms with Crippen LogP contribution in [-0.4, -0.2) is 37.0 Å². The second-order valence-electron chi connectivity index (χ2n) is 7.66. The van der Waals surface area contributed by atoms with E-state index in [4.69, 9.17) is 21.3 Å². The number of ether oxygens (including phenoxy) is 1. The number of methoxy groups -OCH3 is 1. The van der Waals surface area contributed by atoms with Crippen molar-refractivity contribution in [1.82, 2.24) is 15.6 Å². The van der Waals surface area contributed by atoms with Crippen LogP contribution in [0.2, 0.25) is 5.02 Å². The minimum atomic E-state index is -0.710. The van der Waals surface area contributed by atoms with Gasteiger partial charge in [-0.2, -0.15) is 0 Å². The van der Waals surface area contributed by atoms with Crippen LogP contribution in [0.3, 0.4) is 0 Å². The number of hydrogen-bond donors (Lipinski definition) is 2. The molecule has 1 aromatic heterocycles. The van der Waals surface area contributed by atoms with Gasteiger partial charge in [0.15, 0.2) is 10.8 Å². The van der Waals surface area contributed by atoms with E-state index >= 15 is 0 Å². The van der Waals surface area contributed by atoms with Crippen LogP contribution < -0.4 is 10.6 Å². The summed E-state index contributed by atoms with van der Waals surface area (Å²) in [7, 11) is 3.33. The summed E-state index contributed by atoms with van der Waals surface area (Å²) in [6, 6.07) is 3.91. The number of benzene rings is 1. The smallest absolute Gasteiger partial charge is 0.338 e. The van der Waals surface area contributed by atoms with E-state index in [1.165, 1.54) is 30.6 Å². The molecule has 0 bridgehead atoms. The number of thiazole rings is 1. The van der Waals surface area contributed by atoms with Crippen molar-refractivity contribution < 1.29 is 13.9 Å². The molecule has 1 unspecified atom stereocenters. The van der Waals surface area contributed by atoms with Crippen LogP contribution in [0.5, 0.6) is 0 Å². The summed E-state index contributed by atoms with van der Waals surface area (Å²) in [6.07, 6.45) is 5.56. The first kappa shape index (κ1) is 21.9. The Morgan fingerprint density at radius 2 is 2.10 bits per heavy atom. The summed E-state index contributed by atoms with van der Waals surface area (Å²) in [5.74, 6) is -0.184. The van der Waals surface area contributed by atoms with E-state index in [0.717, 1.165) is 31.4 Å². The van der Waals surface area contributed by atoms with Crippen molar-refractivity contribution in [3.8, 4) is 0 Å². The minimum Gasteiger partial charge on any atom is -0.466 e. The molecule has 0 saturated heterocycles. The maximum atomic E-state index is 13.7. The van der Waals surface area contributed by atoms with Crippen molar-refractivity contribution in [1.29, 1.82) is 0 Å². The quantitative estimate of drug-likeness (QED) is 0.650. The van der Waals surface area contributed by atoms with Gasteiger partial charge in [-0.3, -0.25) is 4.99 Å². The largest absolute Gasteiger partial charge is 0.466 e. The van der Waals surface area contributed by atoms with Crippen LogP contribution in [0.1, 0.15) is 42.3 Å². The summed E-state index contributed by atoms with van der Waals surface area (Å²) in [4.78, 5) is 22.1. The second-order valence-corrected chi connectivity index (χ2v) is 8.97. The standard InChI is InChI=1S/C22H24ClFN4O2S/c1-25-14-6-3-12(4-7-14)18-17(22(29)30-2)19(15-8-5-13(24)11-16(15)23)28-20(27-18)21-26-9-10-31-21/h5,8-12,14,19,25H,3-4,6-7H2,1-2H3,(H,27,28)/t12-,14-,19?. The molecule has 2 N–H and O–H groups in total. The number of halogens is 2. The topological polar surface area (TPSA) is 75.6 Å². The van der Waals surface area contributed by atoms with Crippen molar-refractivity contribution in [2.45, 2.75) is 37.8 Å². The highest BCUT2D eigenvalue weighted by Crippen LogP contribution is 2.41. The average Bonchev–Trinajstić information content (AvgIpc) is 3.33. The van der Waals surface area contributed by atoms with Crippen LogP contribution in [0, 0.1) is 11.7 Å². The fourth-order valence-electron chi connectivity index (χ4n) is 4.29. The molecule has 2 aliphatic rings. The van der Waals surface area contributed by atoms with Crippen molar-refractivity contribution in [2.75, 3.05) is 14.2 Å². The molecule has 1 aromatic carbocycles. The first-order chi connectivity index (χ1) is 15.0. The third-order valence-corrected chi connectivity index (χ3v) is 7.02. The lowest BCUT2D eigenvalue weighted by Gasteiger charge is -2.35. The zero-order chi connectivity index (χ0) is 22.0. The molecule has 0 amide bonds. The van der Waals surface area contributed by atoms with E-state index in [0.29, 0.717) is 28.0 Å². The number of amidine groups is 1. The van der Waals surface area contributed by atoms with Gasteiger partial charge in [-0.05, 0) is 50.8 Å². The fourth-order valence-corrected chi connectivity index (χ4v) is 5.15. The van der Waals surface area contributed by atoms with Crippen molar-refractivity contribution in [3.63, 3.8) is 0 Å². The van der Waals surface area contributed by atoms with Gasteiger partial charge in [0.25, 0.3) is 0 Å². The predicted octanol–water partition coefficient (Wildman–Crippen LogP) is 4.23. The Bertz CT molecular complexity index is 1020. The Labute approximate surface area is 189 Å². The number of carbonyl (C=O) groups excluding carboxylic acids is 1. The SMILES string of the molecule is CN[C@H]1CC[C@H](C2=C(C(=O)OC)C(c3ccc(F)cc3Cl)N=C(c3nccs3)N2)CC1. The lowest BCUT2D eigenvalue weighted by Crippen LogP contribution is -2.39. The van der Waals surface area contributed by atoms with Gasteiger partial charge in [0.2, 0.25) is 0 Å². The first-order valence-electron chi connectivity index (χ1n) is 10.2. The van der Waals surface area contributed by atoms with E-state index in [2.05, 4.69) is 15.6 Å². The summed E-state index contributed by atoms with van der Waals surface area (Å²) in [6.45, 7) is 0. The molecule has 0 radical (unpaired) electrons. The van der Waals surface area contributed by atoms with Gasteiger partial charge in [-0.25, -0.2) is 14.2 Å². The third kappa shape index (κ3) is 4.51. The summed E-state index contributed by atoms with van der Waals surface area (Å²) >= 11 is 7.85. The molecule has 9 heteroatoms. The maximum Gasteiger partial charge on any atom is 0.338 e. The first-order valence-corrected chi connectivity index (χ1v) is 11.5. The number of nitrogens with zero attached hydrogens (tertiary/aromatic N) is 2. The lowest BCUT2D eigenvalue weighted by atomic mass is 9.80. The van der Waals surface area contributed by atoms with E-state index in [-0.39, 0.29) is 10.9 Å². The van der Waals surface area contributed by atoms with Crippen LogP contribution in [0.25, 0.3) is 0 Å². The number of carbonyl (C=O) groups is 1. The molecule has 31 heavy (non-hydrogen) atoms. The molecule has 164 valence electrons. The van der Waals surface area contributed by atoms with Crippen molar-refractivity contribution in [3.05, 3.63) is 62.5 Å². The highest BCUT2D eigenvalue weighted by atomic mass is 35.5. The molecule has 1 saturated carbocycles. The van der Waals surface area contributed by atoms with Gasteiger partial charge < -0.3 is 15.4 Å². The van der Waals surface area contributed by atoms with Gasteiger partial charge in [-0.1, -0.05) is 17.7 Å². The molecule has 1 fully saturated rings. The zero-order valence-electron chi connectivity index (χ0n) is 17.3. The summed E-state index contributed by atoms with van der Waals surface area (Å²) in [5, 5.41) is 9.54. The molecule has 0 spiro atoms. The Hall–Kier alpha value is -2.29. The average molecular weight is 463 g/mol. The molecule has 1 aliphatic heterocycles. The number of aliphatic imine (C=N–C) groups is 1. The fraction of sp³-hybridized carbons (Fsp3) is 0.409. The van der Waals surface area contributed by atoms with Crippen molar-refractivity contribution >= 4 is 34.7 Å². The number of aromatic nitrogens is 1. The predicted molar refractivity (Wildman–Crippen MR) is 120 cm³/mol. The van der Waals surface area contributed by atoms with Crippen LogP contribution in [0.4, 0.5) is 4.39 Å². The number of nitrogens with one attached hydrogen (secondary N) is 2. The molecular formula is C22H24ClFN4O2S. The van der Waals surface area contributed by atoms with Gasteiger partial charge in [-0.15, -0.1) is 11.3 Å². The zero-order valence-corrected chi connectivity index (χ0v) is 18.9. The number of rotatable bonds is 5. The van der Waals surface area contributed by atoms with Gasteiger partial charge in [0.1, 0.15) is 11.9 Å². The normalized spacial score (nSPS) is 23.9. The summed E-state index contributed by atoms with van der Waals surface area (Å²) < 4.78 is 18.9. The molecule has 4 rings (SSSR count). The molecule has 1 aliphatic carbocycles.